The van der Waals surface area contributed by atoms with Crippen molar-refractivity contribution in [3.05, 3.63) is 0 Å². The Labute approximate surface area is 117 Å². The summed E-state index contributed by atoms with van der Waals surface area (Å²) < 4.78 is 0. The van der Waals surface area contributed by atoms with Gasteiger partial charge in [-0.15, -0.1) is 0 Å². The third-order valence-electron chi connectivity index (χ3n) is 5.02. The molecule has 0 aromatic rings. The topological polar surface area (TPSA) is 46.3 Å². The number of likely N-dealkylation sites (tertiary alicyclic amines) is 1. The zero-order chi connectivity index (χ0) is 13.7. The van der Waals surface area contributed by atoms with Gasteiger partial charge in [-0.1, -0.05) is 39.0 Å². The molecule has 0 aromatic carbocycles. The molecule has 2 rings (SSSR count). The van der Waals surface area contributed by atoms with Crippen molar-refractivity contribution in [2.24, 2.45) is 11.7 Å². The SMILES string of the molecule is CCCC1CCN(C(=O)CC2(N)CCCCC2)CC1. The number of nitrogens with zero attached hydrogens (tertiary/aromatic N) is 1. The highest BCUT2D eigenvalue weighted by atomic mass is 16.2. The maximum atomic E-state index is 12.4. The van der Waals surface area contributed by atoms with Crippen LogP contribution < -0.4 is 5.73 Å². The number of carbonyl (C=O) groups excluding carboxylic acids is 1. The van der Waals surface area contributed by atoms with Crippen molar-refractivity contribution >= 4 is 5.91 Å². The molecule has 110 valence electrons. The second-order valence-corrected chi connectivity index (χ2v) is 6.71. The van der Waals surface area contributed by atoms with Crippen LogP contribution in [0.1, 0.15) is 71.1 Å². The predicted octanol–water partition coefficient (Wildman–Crippen LogP) is 3.08. The summed E-state index contributed by atoms with van der Waals surface area (Å²) in [6.07, 6.45) is 11.3. The average Bonchev–Trinajstić information content (AvgIpc) is 2.40. The van der Waals surface area contributed by atoms with Gasteiger partial charge >= 0.3 is 0 Å². The van der Waals surface area contributed by atoms with Crippen molar-refractivity contribution in [2.75, 3.05) is 13.1 Å². The van der Waals surface area contributed by atoms with Gasteiger partial charge in [-0.3, -0.25) is 4.79 Å². The van der Waals surface area contributed by atoms with E-state index < -0.39 is 0 Å². The van der Waals surface area contributed by atoms with Gasteiger partial charge in [0.1, 0.15) is 0 Å². The molecule has 3 nitrogen and oxygen atoms in total. The fourth-order valence-electron chi connectivity index (χ4n) is 3.72. The van der Waals surface area contributed by atoms with E-state index in [1.165, 1.54) is 44.9 Å². The summed E-state index contributed by atoms with van der Waals surface area (Å²) in [5.41, 5.74) is 6.20. The van der Waals surface area contributed by atoms with E-state index in [0.29, 0.717) is 12.3 Å². The van der Waals surface area contributed by atoms with Gasteiger partial charge in [-0.2, -0.15) is 0 Å². The normalized spacial score (nSPS) is 24.4. The molecule has 0 unspecified atom stereocenters. The van der Waals surface area contributed by atoms with Gasteiger partial charge in [0.15, 0.2) is 0 Å². The van der Waals surface area contributed by atoms with E-state index in [9.17, 15) is 4.79 Å². The van der Waals surface area contributed by atoms with Gasteiger partial charge in [-0.05, 0) is 31.6 Å². The van der Waals surface area contributed by atoms with Gasteiger partial charge in [0.2, 0.25) is 5.91 Å². The van der Waals surface area contributed by atoms with Crippen LogP contribution in [0, 0.1) is 5.92 Å². The minimum absolute atomic E-state index is 0.199. The Morgan fingerprint density at radius 1 is 1.21 bits per heavy atom. The summed E-state index contributed by atoms with van der Waals surface area (Å²) in [4.78, 5) is 14.4. The molecule has 2 N–H and O–H groups in total. The number of nitrogens with two attached hydrogens (primary N) is 1. The first kappa shape index (κ1) is 14.8. The molecular weight excluding hydrogens is 236 g/mol. The molecule has 1 saturated carbocycles. The van der Waals surface area contributed by atoms with E-state index >= 15 is 0 Å². The van der Waals surface area contributed by atoms with Crippen molar-refractivity contribution in [3.8, 4) is 0 Å². The second kappa shape index (κ2) is 6.74. The van der Waals surface area contributed by atoms with E-state index in [-0.39, 0.29) is 5.54 Å². The number of hydrogen-bond acceptors (Lipinski definition) is 2. The van der Waals surface area contributed by atoms with Crippen molar-refractivity contribution in [2.45, 2.75) is 76.7 Å². The number of hydrogen-bond donors (Lipinski definition) is 1. The van der Waals surface area contributed by atoms with Gasteiger partial charge < -0.3 is 10.6 Å². The Kier molecular flexibility index (Phi) is 5.26. The highest BCUT2D eigenvalue weighted by Gasteiger charge is 2.32. The molecule has 3 heteroatoms. The highest BCUT2D eigenvalue weighted by Crippen LogP contribution is 2.30. The van der Waals surface area contributed by atoms with E-state index in [1.54, 1.807) is 0 Å². The van der Waals surface area contributed by atoms with E-state index in [0.717, 1.165) is 31.8 Å². The smallest absolute Gasteiger partial charge is 0.224 e. The molecule has 1 saturated heterocycles. The van der Waals surface area contributed by atoms with Crippen molar-refractivity contribution in [1.82, 2.24) is 4.90 Å². The highest BCUT2D eigenvalue weighted by molar-refractivity contribution is 5.77. The Morgan fingerprint density at radius 2 is 1.84 bits per heavy atom. The minimum Gasteiger partial charge on any atom is -0.343 e. The van der Waals surface area contributed by atoms with E-state index in [1.807, 2.05) is 0 Å². The monoisotopic (exact) mass is 266 g/mol. The molecule has 0 bridgehead atoms. The molecule has 0 aromatic heterocycles. The second-order valence-electron chi connectivity index (χ2n) is 6.71. The maximum absolute atomic E-state index is 12.4. The number of amides is 1. The van der Waals surface area contributed by atoms with Crippen LogP contribution in [0.25, 0.3) is 0 Å². The zero-order valence-corrected chi connectivity index (χ0v) is 12.5. The lowest BCUT2D eigenvalue weighted by Gasteiger charge is -2.37. The van der Waals surface area contributed by atoms with E-state index in [2.05, 4.69) is 11.8 Å². The Hall–Kier alpha value is -0.570. The van der Waals surface area contributed by atoms with Crippen LogP contribution in [0.15, 0.2) is 0 Å². The van der Waals surface area contributed by atoms with Crippen LogP contribution in [-0.4, -0.2) is 29.4 Å². The van der Waals surface area contributed by atoms with Crippen LogP contribution in [0.5, 0.6) is 0 Å². The van der Waals surface area contributed by atoms with Gasteiger partial charge in [0, 0.05) is 25.0 Å². The van der Waals surface area contributed by atoms with E-state index in [4.69, 9.17) is 5.73 Å². The Bertz CT molecular complexity index is 289. The molecule has 0 spiro atoms. The first-order valence-electron chi connectivity index (χ1n) is 8.19. The summed E-state index contributed by atoms with van der Waals surface area (Å²) in [5.74, 6) is 1.15. The summed E-state index contributed by atoms with van der Waals surface area (Å²) in [6.45, 7) is 4.16. The van der Waals surface area contributed by atoms with Gasteiger partial charge in [0.25, 0.3) is 0 Å². The van der Waals surface area contributed by atoms with Crippen LogP contribution in [-0.2, 0) is 4.79 Å². The van der Waals surface area contributed by atoms with Crippen LogP contribution in [0.3, 0.4) is 0 Å². The molecule has 1 heterocycles. The number of rotatable bonds is 4. The van der Waals surface area contributed by atoms with Crippen molar-refractivity contribution in [1.29, 1.82) is 0 Å². The third kappa shape index (κ3) is 4.20. The summed E-state index contributed by atoms with van der Waals surface area (Å²) in [5, 5.41) is 0. The van der Waals surface area contributed by atoms with Crippen molar-refractivity contribution < 1.29 is 4.79 Å². The fourth-order valence-corrected chi connectivity index (χ4v) is 3.72. The molecule has 0 atom stereocenters. The van der Waals surface area contributed by atoms with Crippen LogP contribution in [0.2, 0.25) is 0 Å². The van der Waals surface area contributed by atoms with Gasteiger partial charge in [0.05, 0.1) is 0 Å². The Balaban J connectivity index is 1.77. The molecular formula is C16H30N2O. The lowest BCUT2D eigenvalue weighted by atomic mass is 9.79. The van der Waals surface area contributed by atoms with Gasteiger partial charge in [-0.25, -0.2) is 0 Å². The van der Waals surface area contributed by atoms with Crippen molar-refractivity contribution in [3.63, 3.8) is 0 Å². The fraction of sp³-hybridized carbons (Fsp3) is 0.938. The summed E-state index contributed by atoms with van der Waals surface area (Å²) >= 11 is 0. The molecule has 19 heavy (non-hydrogen) atoms. The minimum atomic E-state index is -0.199. The maximum Gasteiger partial charge on any atom is 0.224 e. The van der Waals surface area contributed by atoms with Crippen LogP contribution >= 0.6 is 0 Å². The first-order chi connectivity index (χ1) is 9.13. The molecule has 2 fully saturated rings. The zero-order valence-electron chi connectivity index (χ0n) is 12.5. The standard InChI is InChI=1S/C16H30N2O/c1-2-6-14-7-11-18(12-8-14)15(19)13-16(17)9-4-3-5-10-16/h14H,2-13,17H2,1H3. The predicted molar refractivity (Wildman–Crippen MR) is 78.8 cm³/mol. The molecule has 1 amide bonds. The first-order valence-corrected chi connectivity index (χ1v) is 8.19. The molecule has 2 aliphatic rings. The molecule has 1 aliphatic heterocycles. The number of carbonyl (C=O) groups is 1. The molecule has 1 aliphatic carbocycles. The quantitative estimate of drug-likeness (QED) is 0.850. The summed E-state index contributed by atoms with van der Waals surface area (Å²) in [7, 11) is 0. The lowest BCUT2D eigenvalue weighted by molar-refractivity contribution is -0.134. The Morgan fingerprint density at radius 3 is 2.42 bits per heavy atom. The average molecular weight is 266 g/mol. The lowest BCUT2D eigenvalue weighted by Crippen LogP contribution is -2.48. The number of piperidine rings is 1. The van der Waals surface area contributed by atoms with Crippen LogP contribution in [0.4, 0.5) is 0 Å². The largest absolute Gasteiger partial charge is 0.343 e. The molecule has 0 radical (unpaired) electrons. The summed E-state index contributed by atoms with van der Waals surface area (Å²) in [6, 6.07) is 0. The third-order valence-corrected chi connectivity index (χ3v) is 5.02.